The van der Waals surface area contributed by atoms with Crippen LogP contribution in [0.2, 0.25) is 0 Å². The molecule has 1 aromatic heterocycles. The molecule has 0 aliphatic carbocycles. The molecule has 1 aromatic carbocycles. The van der Waals surface area contributed by atoms with Crippen LogP contribution in [0.1, 0.15) is 17.3 Å². The fraction of sp³-hybridized carbons (Fsp3) is 0.286. The van der Waals surface area contributed by atoms with E-state index in [2.05, 4.69) is 0 Å². The number of benzene rings is 1. The van der Waals surface area contributed by atoms with E-state index in [0.29, 0.717) is 18.7 Å². The van der Waals surface area contributed by atoms with Gasteiger partial charge in [-0.25, -0.2) is 12.8 Å². The van der Waals surface area contributed by atoms with E-state index in [1.54, 1.807) is 18.2 Å². The first kappa shape index (κ1) is 13.3. The van der Waals surface area contributed by atoms with Crippen molar-refractivity contribution in [3.8, 4) is 0 Å². The van der Waals surface area contributed by atoms with Crippen molar-refractivity contribution in [2.45, 2.75) is 12.6 Å². The fourth-order valence-corrected chi connectivity index (χ4v) is 3.75. The van der Waals surface area contributed by atoms with Gasteiger partial charge in [0.1, 0.15) is 5.82 Å². The van der Waals surface area contributed by atoms with Crippen LogP contribution in [0.3, 0.4) is 0 Å². The van der Waals surface area contributed by atoms with Crippen LogP contribution in [0.4, 0.5) is 4.39 Å². The van der Waals surface area contributed by atoms with Crippen LogP contribution in [0.15, 0.2) is 42.6 Å². The van der Waals surface area contributed by atoms with Gasteiger partial charge in [-0.1, -0.05) is 18.2 Å². The fourth-order valence-electron chi connectivity index (χ4n) is 2.73. The second-order valence-corrected chi connectivity index (χ2v) is 6.86. The van der Waals surface area contributed by atoms with E-state index in [1.807, 2.05) is 22.9 Å². The van der Waals surface area contributed by atoms with E-state index in [1.165, 1.54) is 16.6 Å². The van der Waals surface area contributed by atoms with Gasteiger partial charge < -0.3 is 4.57 Å². The number of sulfonamides is 1. The molecule has 2 aromatic rings. The minimum absolute atomic E-state index is 0.347. The van der Waals surface area contributed by atoms with Gasteiger partial charge in [-0.15, -0.1) is 0 Å². The molecule has 1 aliphatic heterocycles. The normalized spacial score (nSPS) is 19.8. The predicted octanol–water partition coefficient (Wildman–Crippen LogP) is 1.99. The number of fused-ring (bicyclic) bond motifs is 1. The van der Waals surface area contributed by atoms with Gasteiger partial charge in [0.05, 0.1) is 12.3 Å². The number of rotatable bonds is 2. The molecule has 4 nitrogen and oxygen atoms in total. The largest absolute Gasteiger partial charge is 0.348 e. The van der Waals surface area contributed by atoms with Gasteiger partial charge in [0.15, 0.2) is 0 Å². The van der Waals surface area contributed by atoms with Gasteiger partial charge in [-0.2, -0.15) is 4.31 Å². The van der Waals surface area contributed by atoms with Crippen molar-refractivity contribution in [3.05, 3.63) is 59.7 Å². The first-order valence-corrected chi connectivity index (χ1v) is 8.19. The highest BCUT2D eigenvalue weighted by molar-refractivity contribution is 7.88. The van der Waals surface area contributed by atoms with Crippen LogP contribution >= 0.6 is 0 Å². The lowest BCUT2D eigenvalue weighted by Crippen LogP contribution is -2.42. The summed E-state index contributed by atoms with van der Waals surface area (Å²) in [5.41, 5.74) is 1.18. The van der Waals surface area contributed by atoms with Gasteiger partial charge in [0, 0.05) is 30.5 Å². The summed E-state index contributed by atoms with van der Waals surface area (Å²) < 4.78 is 41.5. The number of aromatic nitrogens is 1. The smallest absolute Gasteiger partial charge is 0.212 e. The Morgan fingerprint density at radius 3 is 2.60 bits per heavy atom. The molecule has 1 aliphatic rings. The molecule has 6 heteroatoms. The Bertz CT molecular complexity index is 739. The van der Waals surface area contributed by atoms with Crippen molar-refractivity contribution < 1.29 is 12.8 Å². The molecule has 106 valence electrons. The number of halogens is 1. The van der Waals surface area contributed by atoms with Crippen LogP contribution in [0.25, 0.3) is 0 Å². The minimum Gasteiger partial charge on any atom is -0.348 e. The molecular weight excluding hydrogens is 279 g/mol. The second-order valence-electron chi connectivity index (χ2n) is 4.92. The molecular formula is C14H15FN2O2S. The molecule has 0 spiro atoms. The Morgan fingerprint density at radius 2 is 1.90 bits per heavy atom. The van der Waals surface area contributed by atoms with E-state index in [4.69, 9.17) is 0 Å². The third kappa shape index (κ3) is 2.14. The van der Waals surface area contributed by atoms with Gasteiger partial charge in [0.25, 0.3) is 0 Å². The summed E-state index contributed by atoms with van der Waals surface area (Å²) in [5, 5.41) is 0. The van der Waals surface area contributed by atoms with E-state index < -0.39 is 16.1 Å². The molecule has 1 unspecified atom stereocenters. The first-order chi connectivity index (χ1) is 9.48. The second kappa shape index (κ2) is 4.71. The van der Waals surface area contributed by atoms with Crippen molar-refractivity contribution >= 4 is 10.0 Å². The Kier molecular flexibility index (Phi) is 3.14. The van der Waals surface area contributed by atoms with Crippen molar-refractivity contribution in [1.29, 1.82) is 0 Å². The zero-order valence-corrected chi connectivity index (χ0v) is 11.8. The van der Waals surface area contributed by atoms with Crippen LogP contribution in [0, 0.1) is 5.82 Å². The van der Waals surface area contributed by atoms with E-state index >= 15 is 0 Å². The molecule has 1 atom stereocenters. The molecule has 20 heavy (non-hydrogen) atoms. The summed E-state index contributed by atoms with van der Waals surface area (Å²) in [6.07, 6.45) is 3.06. The van der Waals surface area contributed by atoms with Crippen LogP contribution in [-0.4, -0.2) is 30.1 Å². The first-order valence-electron chi connectivity index (χ1n) is 6.35. The van der Waals surface area contributed by atoms with Crippen molar-refractivity contribution in [3.63, 3.8) is 0 Å². The monoisotopic (exact) mass is 294 g/mol. The molecule has 0 radical (unpaired) electrons. The zero-order chi connectivity index (χ0) is 14.3. The van der Waals surface area contributed by atoms with E-state index in [0.717, 1.165) is 5.69 Å². The van der Waals surface area contributed by atoms with Crippen molar-refractivity contribution in [2.75, 3.05) is 12.8 Å². The van der Waals surface area contributed by atoms with Crippen molar-refractivity contribution in [1.82, 2.24) is 8.87 Å². The SMILES string of the molecule is CS(=O)(=O)N1CCn2cccc2C1c1ccccc1F. The maximum absolute atomic E-state index is 14.1. The van der Waals surface area contributed by atoms with E-state index in [-0.39, 0.29) is 5.82 Å². The highest BCUT2D eigenvalue weighted by Crippen LogP contribution is 2.35. The van der Waals surface area contributed by atoms with Gasteiger partial charge in [-0.05, 0) is 18.2 Å². The number of hydrogen-bond donors (Lipinski definition) is 0. The van der Waals surface area contributed by atoms with Gasteiger partial charge in [-0.3, -0.25) is 0 Å². The number of nitrogens with zero attached hydrogens (tertiary/aromatic N) is 2. The molecule has 2 heterocycles. The van der Waals surface area contributed by atoms with Crippen LogP contribution in [-0.2, 0) is 16.6 Å². The maximum atomic E-state index is 14.1. The molecule has 0 saturated heterocycles. The highest BCUT2D eigenvalue weighted by Gasteiger charge is 2.35. The average molecular weight is 294 g/mol. The lowest BCUT2D eigenvalue weighted by Gasteiger charge is -2.35. The quantitative estimate of drug-likeness (QED) is 0.850. The van der Waals surface area contributed by atoms with Crippen LogP contribution < -0.4 is 0 Å². The third-order valence-corrected chi connectivity index (χ3v) is 4.87. The molecule has 0 saturated carbocycles. The third-order valence-electron chi connectivity index (χ3n) is 3.62. The number of hydrogen-bond acceptors (Lipinski definition) is 2. The van der Waals surface area contributed by atoms with Crippen LogP contribution in [0.5, 0.6) is 0 Å². The lowest BCUT2D eigenvalue weighted by molar-refractivity contribution is 0.295. The summed E-state index contributed by atoms with van der Waals surface area (Å²) >= 11 is 0. The van der Waals surface area contributed by atoms with Gasteiger partial charge >= 0.3 is 0 Å². The molecule has 0 fully saturated rings. The minimum atomic E-state index is -3.41. The Labute approximate surface area is 117 Å². The molecule has 0 bridgehead atoms. The molecule has 0 N–H and O–H groups in total. The molecule has 3 rings (SSSR count). The lowest BCUT2D eigenvalue weighted by atomic mass is 10.0. The standard InChI is InChI=1S/C14H15FN2O2S/c1-20(18,19)17-10-9-16-8-4-7-13(16)14(17)11-5-2-3-6-12(11)15/h2-8,14H,9-10H2,1H3. The summed E-state index contributed by atoms with van der Waals surface area (Å²) in [6, 6.07) is 9.42. The highest BCUT2D eigenvalue weighted by atomic mass is 32.2. The predicted molar refractivity (Wildman–Crippen MR) is 74.2 cm³/mol. The Balaban J connectivity index is 2.20. The summed E-state index contributed by atoms with van der Waals surface area (Å²) in [7, 11) is -3.41. The summed E-state index contributed by atoms with van der Waals surface area (Å²) in [5.74, 6) is -0.388. The van der Waals surface area contributed by atoms with E-state index in [9.17, 15) is 12.8 Å². The van der Waals surface area contributed by atoms with Crippen molar-refractivity contribution in [2.24, 2.45) is 0 Å². The molecule has 0 amide bonds. The Morgan fingerprint density at radius 1 is 1.15 bits per heavy atom. The summed E-state index contributed by atoms with van der Waals surface area (Å²) in [6.45, 7) is 0.930. The summed E-state index contributed by atoms with van der Waals surface area (Å²) in [4.78, 5) is 0. The topological polar surface area (TPSA) is 42.3 Å². The van der Waals surface area contributed by atoms with Gasteiger partial charge in [0.2, 0.25) is 10.0 Å². The zero-order valence-electron chi connectivity index (χ0n) is 11.0. The Hall–Kier alpha value is -1.66. The maximum Gasteiger partial charge on any atom is 0.212 e. The average Bonchev–Trinajstić information content (AvgIpc) is 2.85.